The van der Waals surface area contributed by atoms with Gasteiger partial charge < -0.3 is 10.4 Å². The van der Waals surface area contributed by atoms with Crippen LogP contribution < -0.4 is 5.32 Å². The van der Waals surface area contributed by atoms with Crippen LogP contribution in [0.15, 0.2) is 42.5 Å². The van der Waals surface area contributed by atoms with Gasteiger partial charge in [-0.05, 0) is 35.9 Å². The van der Waals surface area contributed by atoms with Gasteiger partial charge in [0.1, 0.15) is 11.4 Å². The number of halogens is 1. The Labute approximate surface area is 123 Å². The van der Waals surface area contributed by atoms with Crippen LogP contribution in [0.1, 0.15) is 5.56 Å². The minimum Gasteiger partial charge on any atom is -0.508 e. The molecular weight excluding hydrogens is 359 g/mol. The molecule has 0 saturated heterocycles. The van der Waals surface area contributed by atoms with Crippen LogP contribution >= 0.6 is 22.6 Å². The Kier molecular flexibility index (Phi) is 4.20. The van der Waals surface area contributed by atoms with Crippen LogP contribution in [0.5, 0.6) is 5.75 Å². The summed E-state index contributed by atoms with van der Waals surface area (Å²) in [6, 6.07) is 11.4. The molecule has 98 valence electrons. The summed E-state index contributed by atoms with van der Waals surface area (Å²) in [7, 11) is 0. The molecule has 0 aliphatic carbocycles. The molecule has 2 rings (SSSR count). The zero-order valence-electron chi connectivity index (χ0n) is 9.84. The van der Waals surface area contributed by atoms with Crippen molar-refractivity contribution in [1.82, 2.24) is 0 Å². The van der Waals surface area contributed by atoms with Crippen molar-refractivity contribution in [3.05, 3.63) is 58.1 Å². The van der Waals surface area contributed by atoms with Gasteiger partial charge in [-0.25, -0.2) is 0 Å². The molecule has 2 aromatic carbocycles. The number of rotatable bonds is 4. The highest BCUT2D eigenvalue weighted by atomic mass is 127. The predicted molar refractivity (Wildman–Crippen MR) is 82.2 cm³/mol. The summed E-state index contributed by atoms with van der Waals surface area (Å²) in [4.78, 5) is 10.6. The first-order chi connectivity index (χ1) is 9.10. The second kappa shape index (κ2) is 5.87. The molecule has 0 bridgehead atoms. The molecule has 2 N–H and O–H groups in total. The Morgan fingerprint density at radius 2 is 1.89 bits per heavy atom. The molecule has 0 spiro atoms. The quantitative estimate of drug-likeness (QED) is 0.281. The zero-order chi connectivity index (χ0) is 13.8. The lowest BCUT2D eigenvalue weighted by Crippen LogP contribution is -1.97. The van der Waals surface area contributed by atoms with Crippen LogP contribution in [-0.2, 0) is 4.43 Å². The zero-order valence-corrected chi connectivity index (χ0v) is 12.0. The molecule has 0 amide bonds. The van der Waals surface area contributed by atoms with E-state index < -0.39 is 4.92 Å². The summed E-state index contributed by atoms with van der Waals surface area (Å²) >= 11 is 2.20. The standard InChI is InChI=1S/C13H11IN2O3/c14-8-9-1-6-13(16(18)19)12(7-9)15-10-2-4-11(17)5-3-10/h1-7,15,17H,8H2. The van der Waals surface area contributed by atoms with E-state index >= 15 is 0 Å². The number of aromatic hydroxyl groups is 1. The first-order valence-corrected chi connectivity index (χ1v) is 7.02. The number of alkyl halides is 1. The van der Waals surface area contributed by atoms with Gasteiger partial charge in [0.05, 0.1) is 4.92 Å². The van der Waals surface area contributed by atoms with Crippen molar-refractivity contribution in [2.45, 2.75) is 4.43 Å². The maximum atomic E-state index is 11.0. The number of nitro benzene ring substituents is 1. The number of hydrogen-bond donors (Lipinski definition) is 2. The minimum atomic E-state index is -0.417. The van der Waals surface area contributed by atoms with E-state index in [1.165, 1.54) is 18.2 Å². The largest absolute Gasteiger partial charge is 0.508 e. The lowest BCUT2D eigenvalue weighted by molar-refractivity contribution is -0.383. The number of phenolic OH excluding ortho intramolecular Hbond substituents is 1. The van der Waals surface area contributed by atoms with Crippen LogP contribution in [0.25, 0.3) is 0 Å². The summed E-state index contributed by atoms with van der Waals surface area (Å²) < 4.78 is 0.778. The molecule has 0 aliphatic rings. The van der Waals surface area contributed by atoms with Crippen LogP contribution in [0.2, 0.25) is 0 Å². The fourth-order valence-electron chi connectivity index (χ4n) is 1.63. The second-order valence-corrected chi connectivity index (χ2v) is 4.68. The molecule has 0 atom stereocenters. The van der Waals surface area contributed by atoms with Crippen molar-refractivity contribution < 1.29 is 10.0 Å². The van der Waals surface area contributed by atoms with Gasteiger partial charge in [-0.3, -0.25) is 10.1 Å². The number of hydrogen-bond acceptors (Lipinski definition) is 4. The highest BCUT2D eigenvalue weighted by Crippen LogP contribution is 2.29. The Hall–Kier alpha value is -1.83. The first kappa shape index (κ1) is 13.6. The van der Waals surface area contributed by atoms with Crippen molar-refractivity contribution >= 4 is 39.7 Å². The monoisotopic (exact) mass is 370 g/mol. The number of benzene rings is 2. The lowest BCUT2D eigenvalue weighted by atomic mass is 10.2. The van der Waals surface area contributed by atoms with Crippen molar-refractivity contribution in [2.24, 2.45) is 0 Å². The van der Waals surface area contributed by atoms with Crippen molar-refractivity contribution in [1.29, 1.82) is 0 Å². The molecule has 0 unspecified atom stereocenters. The van der Waals surface area contributed by atoms with Gasteiger partial charge in [0.15, 0.2) is 0 Å². The van der Waals surface area contributed by atoms with E-state index in [0.717, 1.165) is 9.99 Å². The van der Waals surface area contributed by atoms with E-state index in [4.69, 9.17) is 0 Å². The molecule has 19 heavy (non-hydrogen) atoms. The molecule has 0 aromatic heterocycles. The summed E-state index contributed by atoms with van der Waals surface area (Å²) in [6.07, 6.45) is 0. The van der Waals surface area contributed by atoms with Gasteiger partial charge in [-0.15, -0.1) is 0 Å². The SMILES string of the molecule is O=[N+]([O-])c1ccc(CI)cc1Nc1ccc(O)cc1. The van der Waals surface area contributed by atoms with Gasteiger partial charge in [0.2, 0.25) is 0 Å². The van der Waals surface area contributed by atoms with Gasteiger partial charge in [0.25, 0.3) is 5.69 Å². The lowest BCUT2D eigenvalue weighted by Gasteiger charge is -2.08. The van der Waals surface area contributed by atoms with E-state index in [9.17, 15) is 15.2 Å². The van der Waals surface area contributed by atoms with Gasteiger partial charge in [-0.2, -0.15) is 0 Å². The number of anilines is 2. The van der Waals surface area contributed by atoms with Crippen molar-refractivity contribution in [3.8, 4) is 5.75 Å². The van der Waals surface area contributed by atoms with Crippen LogP contribution in [0, 0.1) is 10.1 Å². The maximum Gasteiger partial charge on any atom is 0.292 e. The molecule has 0 heterocycles. The third kappa shape index (κ3) is 3.34. The Bertz CT molecular complexity index is 599. The Balaban J connectivity index is 2.36. The van der Waals surface area contributed by atoms with Crippen LogP contribution in [0.4, 0.5) is 17.1 Å². The second-order valence-electron chi connectivity index (χ2n) is 3.91. The van der Waals surface area contributed by atoms with Gasteiger partial charge in [-0.1, -0.05) is 28.7 Å². The Morgan fingerprint density at radius 3 is 2.47 bits per heavy atom. The molecule has 0 aliphatic heterocycles. The minimum absolute atomic E-state index is 0.0293. The summed E-state index contributed by atoms with van der Waals surface area (Å²) in [5, 5.41) is 23.2. The van der Waals surface area contributed by atoms with E-state index in [-0.39, 0.29) is 11.4 Å². The van der Waals surface area contributed by atoms with Crippen molar-refractivity contribution in [2.75, 3.05) is 5.32 Å². The average molecular weight is 370 g/mol. The van der Waals surface area contributed by atoms with E-state index in [2.05, 4.69) is 27.9 Å². The van der Waals surface area contributed by atoms with Gasteiger partial charge in [0, 0.05) is 16.2 Å². The fourth-order valence-corrected chi connectivity index (χ4v) is 2.10. The average Bonchev–Trinajstić information content (AvgIpc) is 2.41. The molecular formula is C13H11IN2O3. The first-order valence-electron chi connectivity index (χ1n) is 5.49. The summed E-state index contributed by atoms with van der Waals surface area (Å²) in [6.45, 7) is 0. The van der Waals surface area contributed by atoms with Gasteiger partial charge >= 0.3 is 0 Å². The van der Waals surface area contributed by atoms with E-state index in [0.29, 0.717) is 11.4 Å². The number of phenols is 1. The highest BCUT2D eigenvalue weighted by molar-refractivity contribution is 14.1. The molecule has 5 nitrogen and oxygen atoms in total. The van der Waals surface area contributed by atoms with Crippen LogP contribution in [0.3, 0.4) is 0 Å². The maximum absolute atomic E-state index is 11.0. The number of nitrogens with one attached hydrogen (secondary N) is 1. The number of nitro groups is 1. The normalized spacial score (nSPS) is 10.2. The smallest absolute Gasteiger partial charge is 0.292 e. The fraction of sp³-hybridized carbons (Fsp3) is 0.0769. The third-order valence-electron chi connectivity index (χ3n) is 2.56. The highest BCUT2D eigenvalue weighted by Gasteiger charge is 2.14. The van der Waals surface area contributed by atoms with Crippen LogP contribution in [-0.4, -0.2) is 10.0 Å². The van der Waals surface area contributed by atoms with E-state index in [1.54, 1.807) is 24.3 Å². The topological polar surface area (TPSA) is 75.4 Å². The van der Waals surface area contributed by atoms with Crippen molar-refractivity contribution in [3.63, 3.8) is 0 Å². The molecule has 6 heteroatoms. The summed E-state index contributed by atoms with van der Waals surface area (Å²) in [5.41, 5.74) is 2.17. The molecule has 0 fully saturated rings. The molecule has 0 radical (unpaired) electrons. The molecule has 2 aromatic rings. The third-order valence-corrected chi connectivity index (χ3v) is 3.44. The number of nitrogens with zero attached hydrogens (tertiary/aromatic N) is 1. The van der Waals surface area contributed by atoms with E-state index in [1.807, 2.05) is 0 Å². The predicted octanol–water partition coefficient (Wildman–Crippen LogP) is 3.98. The molecule has 0 saturated carbocycles. The summed E-state index contributed by atoms with van der Waals surface area (Å²) in [5.74, 6) is 0.154. The Morgan fingerprint density at radius 1 is 1.21 bits per heavy atom.